The van der Waals surface area contributed by atoms with Crippen LogP contribution in [0.2, 0.25) is 0 Å². The SMILES string of the molecule is COCC(C)NS(=O)(=O)c1ccccc1N. The Morgan fingerprint density at radius 1 is 1.44 bits per heavy atom. The lowest BCUT2D eigenvalue weighted by molar-refractivity contribution is 0.180. The van der Waals surface area contributed by atoms with Crippen LogP contribution < -0.4 is 10.5 Å². The van der Waals surface area contributed by atoms with Crippen LogP contribution in [0.25, 0.3) is 0 Å². The fraction of sp³-hybridized carbons (Fsp3) is 0.400. The van der Waals surface area contributed by atoms with Crippen molar-refractivity contribution in [2.75, 3.05) is 19.5 Å². The highest BCUT2D eigenvalue weighted by Crippen LogP contribution is 2.17. The third-order valence-corrected chi connectivity index (χ3v) is 3.65. The molecule has 6 heteroatoms. The average Bonchev–Trinajstić information content (AvgIpc) is 2.17. The van der Waals surface area contributed by atoms with Gasteiger partial charge in [0.2, 0.25) is 10.0 Å². The predicted octanol–water partition coefficient (Wildman–Crippen LogP) is 0.582. The minimum absolute atomic E-state index is 0.0953. The molecule has 0 saturated heterocycles. The van der Waals surface area contributed by atoms with Gasteiger partial charge in [-0.3, -0.25) is 0 Å². The molecule has 1 atom stereocenters. The number of benzene rings is 1. The molecule has 0 bridgehead atoms. The molecule has 0 aliphatic rings. The number of hydrogen-bond acceptors (Lipinski definition) is 4. The first-order valence-electron chi connectivity index (χ1n) is 4.83. The maximum absolute atomic E-state index is 11.9. The molecule has 1 rings (SSSR count). The van der Waals surface area contributed by atoms with Crippen LogP contribution in [0.1, 0.15) is 6.92 Å². The van der Waals surface area contributed by atoms with E-state index in [2.05, 4.69) is 4.72 Å². The Morgan fingerprint density at radius 2 is 2.06 bits per heavy atom. The van der Waals surface area contributed by atoms with Gasteiger partial charge in [0.25, 0.3) is 0 Å². The highest BCUT2D eigenvalue weighted by molar-refractivity contribution is 7.89. The van der Waals surface area contributed by atoms with Gasteiger partial charge in [0, 0.05) is 13.2 Å². The standard InChI is InChI=1S/C10H16N2O3S/c1-8(7-15-2)12-16(13,14)10-6-4-3-5-9(10)11/h3-6,8,12H,7,11H2,1-2H3. The van der Waals surface area contributed by atoms with Crippen molar-refractivity contribution in [1.82, 2.24) is 4.72 Å². The van der Waals surface area contributed by atoms with Gasteiger partial charge in [-0.15, -0.1) is 0 Å². The first-order valence-corrected chi connectivity index (χ1v) is 6.31. The van der Waals surface area contributed by atoms with E-state index in [4.69, 9.17) is 10.5 Å². The molecule has 3 N–H and O–H groups in total. The number of nitrogens with two attached hydrogens (primary N) is 1. The van der Waals surface area contributed by atoms with E-state index in [1.54, 1.807) is 25.1 Å². The van der Waals surface area contributed by atoms with Crippen molar-refractivity contribution in [2.45, 2.75) is 17.9 Å². The normalized spacial score (nSPS) is 13.6. The number of sulfonamides is 1. The van der Waals surface area contributed by atoms with E-state index in [1.807, 2.05) is 0 Å². The van der Waals surface area contributed by atoms with E-state index in [0.29, 0.717) is 6.61 Å². The minimum Gasteiger partial charge on any atom is -0.398 e. The van der Waals surface area contributed by atoms with Crippen LogP contribution in [0.4, 0.5) is 5.69 Å². The molecule has 0 aromatic heterocycles. The van der Waals surface area contributed by atoms with E-state index < -0.39 is 10.0 Å². The Morgan fingerprint density at radius 3 is 2.62 bits per heavy atom. The first-order chi connectivity index (χ1) is 7.47. The number of nitrogens with one attached hydrogen (secondary N) is 1. The number of ether oxygens (including phenoxy) is 1. The summed E-state index contributed by atoms with van der Waals surface area (Å²) in [5.41, 5.74) is 5.84. The molecule has 0 aliphatic carbocycles. The molecule has 0 heterocycles. The smallest absolute Gasteiger partial charge is 0.242 e. The zero-order valence-corrected chi connectivity index (χ0v) is 10.1. The summed E-state index contributed by atoms with van der Waals surface area (Å²) in [4.78, 5) is 0.0953. The highest BCUT2D eigenvalue weighted by Gasteiger charge is 2.19. The molecular weight excluding hydrogens is 228 g/mol. The number of nitrogen functional groups attached to an aromatic ring is 1. The molecule has 90 valence electrons. The average molecular weight is 244 g/mol. The van der Waals surface area contributed by atoms with Crippen LogP contribution >= 0.6 is 0 Å². The molecule has 0 saturated carbocycles. The Balaban J connectivity index is 2.91. The van der Waals surface area contributed by atoms with Gasteiger partial charge in [-0.05, 0) is 19.1 Å². The quantitative estimate of drug-likeness (QED) is 0.742. The van der Waals surface area contributed by atoms with Crippen molar-refractivity contribution < 1.29 is 13.2 Å². The van der Waals surface area contributed by atoms with Gasteiger partial charge in [0.15, 0.2) is 0 Å². The second kappa shape index (κ2) is 5.29. The third-order valence-electron chi connectivity index (χ3n) is 1.98. The van der Waals surface area contributed by atoms with Gasteiger partial charge < -0.3 is 10.5 Å². The van der Waals surface area contributed by atoms with Crippen LogP contribution in [0.15, 0.2) is 29.2 Å². The van der Waals surface area contributed by atoms with Gasteiger partial charge in [-0.2, -0.15) is 0 Å². The lowest BCUT2D eigenvalue weighted by Gasteiger charge is -2.14. The summed E-state index contributed by atoms with van der Waals surface area (Å²) in [6, 6.07) is 6.04. The fourth-order valence-electron chi connectivity index (χ4n) is 1.34. The molecular formula is C10H16N2O3S. The largest absolute Gasteiger partial charge is 0.398 e. The van der Waals surface area contributed by atoms with E-state index >= 15 is 0 Å². The molecule has 1 unspecified atom stereocenters. The number of hydrogen-bond donors (Lipinski definition) is 2. The second-order valence-electron chi connectivity index (χ2n) is 3.52. The number of methoxy groups -OCH3 is 1. The maximum Gasteiger partial charge on any atom is 0.242 e. The molecule has 0 spiro atoms. The molecule has 0 amide bonds. The summed E-state index contributed by atoms with van der Waals surface area (Å²) in [6.45, 7) is 2.03. The van der Waals surface area contributed by atoms with Gasteiger partial charge in [-0.25, -0.2) is 13.1 Å². The molecule has 0 aliphatic heterocycles. The van der Waals surface area contributed by atoms with Crippen molar-refractivity contribution in [3.8, 4) is 0 Å². The lowest BCUT2D eigenvalue weighted by Crippen LogP contribution is -2.35. The lowest BCUT2D eigenvalue weighted by atomic mass is 10.3. The molecule has 0 fully saturated rings. The summed E-state index contributed by atoms with van der Waals surface area (Å²) in [5.74, 6) is 0. The van der Waals surface area contributed by atoms with E-state index in [0.717, 1.165) is 0 Å². The van der Waals surface area contributed by atoms with Crippen LogP contribution in [0, 0.1) is 0 Å². The Kier molecular flexibility index (Phi) is 4.28. The van der Waals surface area contributed by atoms with Gasteiger partial charge >= 0.3 is 0 Å². The van der Waals surface area contributed by atoms with Gasteiger partial charge in [-0.1, -0.05) is 12.1 Å². The van der Waals surface area contributed by atoms with Crippen molar-refractivity contribution in [3.05, 3.63) is 24.3 Å². The first kappa shape index (κ1) is 13.0. The van der Waals surface area contributed by atoms with E-state index in [-0.39, 0.29) is 16.6 Å². The fourth-order valence-corrected chi connectivity index (χ4v) is 2.70. The van der Waals surface area contributed by atoms with Crippen LogP contribution in [-0.4, -0.2) is 28.2 Å². The highest BCUT2D eigenvalue weighted by atomic mass is 32.2. The Labute approximate surface area is 95.7 Å². The molecule has 0 radical (unpaired) electrons. The molecule has 1 aromatic rings. The third kappa shape index (κ3) is 3.19. The molecule has 5 nitrogen and oxygen atoms in total. The van der Waals surface area contributed by atoms with E-state index in [1.165, 1.54) is 13.2 Å². The van der Waals surface area contributed by atoms with Crippen LogP contribution in [0.5, 0.6) is 0 Å². The van der Waals surface area contributed by atoms with Crippen molar-refractivity contribution in [1.29, 1.82) is 0 Å². The van der Waals surface area contributed by atoms with Crippen molar-refractivity contribution >= 4 is 15.7 Å². The molecule has 16 heavy (non-hydrogen) atoms. The number of rotatable bonds is 5. The Hall–Kier alpha value is -1.11. The van der Waals surface area contributed by atoms with Crippen molar-refractivity contribution in [3.63, 3.8) is 0 Å². The predicted molar refractivity (Wildman–Crippen MR) is 62.5 cm³/mol. The second-order valence-corrected chi connectivity index (χ2v) is 5.20. The van der Waals surface area contributed by atoms with Gasteiger partial charge in [0.05, 0.1) is 12.3 Å². The summed E-state index contributed by atoms with van der Waals surface area (Å²) >= 11 is 0. The van der Waals surface area contributed by atoms with Gasteiger partial charge in [0.1, 0.15) is 4.90 Å². The maximum atomic E-state index is 11.9. The summed E-state index contributed by atoms with van der Waals surface area (Å²) < 4.78 is 31.1. The Bertz CT molecular complexity index is 445. The summed E-state index contributed by atoms with van der Waals surface area (Å²) in [5, 5.41) is 0. The van der Waals surface area contributed by atoms with Crippen molar-refractivity contribution in [2.24, 2.45) is 0 Å². The summed E-state index contributed by atoms with van der Waals surface area (Å²) in [6.07, 6.45) is 0. The zero-order valence-electron chi connectivity index (χ0n) is 9.30. The molecule has 1 aromatic carbocycles. The van der Waals surface area contributed by atoms with E-state index in [9.17, 15) is 8.42 Å². The summed E-state index contributed by atoms with van der Waals surface area (Å²) in [7, 11) is -2.05. The van der Waals surface area contributed by atoms with Crippen LogP contribution in [-0.2, 0) is 14.8 Å². The monoisotopic (exact) mass is 244 g/mol. The zero-order chi connectivity index (χ0) is 12.2. The van der Waals surface area contributed by atoms with Crippen LogP contribution in [0.3, 0.4) is 0 Å². The topological polar surface area (TPSA) is 81.4 Å². The minimum atomic E-state index is -3.57. The number of para-hydroxylation sites is 1. The number of anilines is 1.